The maximum Gasteiger partial charge on any atom is 0.275 e. The number of nitrogens with one attached hydrogen (secondary N) is 1. The highest BCUT2D eigenvalue weighted by atomic mass is 35.5. The van der Waals surface area contributed by atoms with Crippen LogP contribution in [0.2, 0.25) is 5.02 Å². The summed E-state index contributed by atoms with van der Waals surface area (Å²) in [7, 11) is 0. The number of benzene rings is 2. The van der Waals surface area contributed by atoms with Crippen molar-refractivity contribution < 1.29 is 9.53 Å². The molecule has 6 nitrogen and oxygen atoms in total. The van der Waals surface area contributed by atoms with Gasteiger partial charge in [0, 0.05) is 27.9 Å². The Bertz CT molecular complexity index is 1310. The summed E-state index contributed by atoms with van der Waals surface area (Å²) in [5.74, 6) is 0.442. The molecule has 4 rings (SSSR count). The number of hydrogen-bond acceptors (Lipinski definition) is 6. The predicted octanol–water partition coefficient (Wildman–Crippen LogP) is 6.08. The highest BCUT2D eigenvalue weighted by Gasteiger charge is 2.14. The number of halogens is 1. The maximum atomic E-state index is 12.7. The van der Waals surface area contributed by atoms with Gasteiger partial charge in [-0.3, -0.25) is 4.79 Å². The standard InChI is InChI=1S/C23H15ClN4O2S/c1-14-10-18(30-22-16(12-25)5-3-9-26-22)7-8-19(14)27-21(29)20-13-31-23(28-20)15-4-2-6-17(24)11-15/h2-11,13H,1H3,(H,27,29). The molecule has 0 aliphatic rings. The third kappa shape index (κ3) is 4.72. The Morgan fingerprint density at radius 2 is 2.06 bits per heavy atom. The number of carbonyl (C=O) groups excluding carboxylic acids is 1. The number of nitrogens with zero attached hydrogens (tertiary/aromatic N) is 3. The Morgan fingerprint density at radius 3 is 2.84 bits per heavy atom. The van der Waals surface area contributed by atoms with E-state index in [1.54, 1.807) is 48.0 Å². The molecule has 8 heteroatoms. The van der Waals surface area contributed by atoms with Crippen molar-refractivity contribution >= 4 is 34.5 Å². The van der Waals surface area contributed by atoms with Crippen molar-refractivity contribution in [2.24, 2.45) is 0 Å². The molecule has 2 heterocycles. The maximum absolute atomic E-state index is 12.7. The third-order valence-corrected chi connectivity index (χ3v) is 5.49. The van der Waals surface area contributed by atoms with E-state index in [2.05, 4.69) is 15.3 Å². The van der Waals surface area contributed by atoms with Crippen LogP contribution in [0.1, 0.15) is 21.6 Å². The number of nitriles is 1. The van der Waals surface area contributed by atoms with Gasteiger partial charge in [-0.1, -0.05) is 23.7 Å². The summed E-state index contributed by atoms with van der Waals surface area (Å²) in [6, 6.07) is 17.9. The van der Waals surface area contributed by atoms with E-state index in [4.69, 9.17) is 21.6 Å². The predicted molar refractivity (Wildman–Crippen MR) is 121 cm³/mol. The largest absolute Gasteiger partial charge is 0.438 e. The lowest BCUT2D eigenvalue weighted by molar-refractivity contribution is 0.102. The van der Waals surface area contributed by atoms with Crippen LogP contribution in [-0.2, 0) is 0 Å². The van der Waals surface area contributed by atoms with Gasteiger partial charge in [0.1, 0.15) is 28.1 Å². The number of aromatic nitrogens is 2. The molecule has 0 spiro atoms. The quantitative estimate of drug-likeness (QED) is 0.401. The van der Waals surface area contributed by atoms with Crippen molar-refractivity contribution in [1.29, 1.82) is 5.26 Å². The molecule has 4 aromatic rings. The number of hydrogen-bond donors (Lipinski definition) is 1. The molecule has 0 saturated heterocycles. The fourth-order valence-electron chi connectivity index (χ4n) is 2.83. The Morgan fingerprint density at radius 1 is 1.19 bits per heavy atom. The Kier molecular flexibility index (Phi) is 5.94. The normalized spacial score (nSPS) is 10.4. The molecule has 0 saturated carbocycles. The highest BCUT2D eigenvalue weighted by molar-refractivity contribution is 7.13. The number of thiazole rings is 1. The van der Waals surface area contributed by atoms with Crippen LogP contribution in [0.3, 0.4) is 0 Å². The van der Waals surface area contributed by atoms with Crippen LogP contribution < -0.4 is 10.1 Å². The highest BCUT2D eigenvalue weighted by Crippen LogP contribution is 2.28. The molecule has 0 bridgehead atoms. The van der Waals surface area contributed by atoms with E-state index in [0.29, 0.717) is 27.7 Å². The van der Waals surface area contributed by atoms with E-state index in [1.165, 1.54) is 11.3 Å². The number of pyridine rings is 1. The van der Waals surface area contributed by atoms with Gasteiger partial charge in [-0.05, 0) is 55.0 Å². The summed E-state index contributed by atoms with van der Waals surface area (Å²) in [4.78, 5) is 21.2. The fraction of sp³-hybridized carbons (Fsp3) is 0.0435. The van der Waals surface area contributed by atoms with Gasteiger partial charge in [-0.2, -0.15) is 5.26 Å². The van der Waals surface area contributed by atoms with Crippen molar-refractivity contribution in [3.8, 4) is 28.3 Å². The molecule has 1 amide bonds. The molecule has 31 heavy (non-hydrogen) atoms. The molecule has 1 N–H and O–H groups in total. The first kappa shape index (κ1) is 20.5. The van der Waals surface area contributed by atoms with Crippen LogP contribution in [0, 0.1) is 18.3 Å². The molecular weight excluding hydrogens is 432 g/mol. The van der Waals surface area contributed by atoms with Gasteiger partial charge in [0.2, 0.25) is 5.88 Å². The van der Waals surface area contributed by atoms with Crippen LogP contribution in [0.15, 0.2) is 66.2 Å². The van der Waals surface area contributed by atoms with Gasteiger partial charge in [0.15, 0.2) is 0 Å². The van der Waals surface area contributed by atoms with E-state index >= 15 is 0 Å². The summed E-state index contributed by atoms with van der Waals surface area (Å²) in [6.45, 7) is 1.85. The first-order chi connectivity index (χ1) is 15.0. The lowest BCUT2D eigenvalue weighted by Gasteiger charge is -2.10. The Labute approximate surface area is 187 Å². The van der Waals surface area contributed by atoms with Gasteiger partial charge >= 0.3 is 0 Å². The zero-order valence-corrected chi connectivity index (χ0v) is 17.9. The van der Waals surface area contributed by atoms with Crippen molar-refractivity contribution in [1.82, 2.24) is 9.97 Å². The molecule has 2 aromatic heterocycles. The second kappa shape index (κ2) is 8.96. The van der Waals surface area contributed by atoms with Gasteiger partial charge in [-0.15, -0.1) is 11.3 Å². The number of carbonyl (C=O) groups is 1. The second-order valence-electron chi connectivity index (χ2n) is 6.55. The number of aryl methyl sites for hydroxylation is 1. The monoisotopic (exact) mass is 446 g/mol. The zero-order valence-electron chi connectivity index (χ0n) is 16.3. The van der Waals surface area contributed by atoms with E-state index in [0.717, 1.165) is 16.1 Å². The summed E-state index contributed by atoms with van der Waals surface area (Å²) in [6.07, 6.45) is 1.56. The van der Waals surface area contributed by atoms with Gasteiger partial charge < -0.3 is 10.1 Å². The molecule has 152 valence electrons. The summed E-state index contributed by atoms with van der Waals surface area (Å²) in [5.41, 5.74) is 2.96. The molecule has 0 atom stereocenters. The number of ether oxygens (including phenoxy) is 1. The minimum atomic E-state index is -0.308. The van der Waals surface area contributed by atoms with Crippen LogP contribution in [0.4, 0.5) is 5.69 Å². The first-order valence-electron chi connectivity index (χ1n) is 9.20. The van der Waals surface area contributed by atoms with Gasteiger partial charge in [-0.25, -0.2) is 9.97 Å². The zero-order chi connectivity index (χ0) is 21.8. The van der Waals surface area contributed by atoms with Gasteiger partial charge in [0.05, 0.1) is 0 Å². The second-order valence-corrected chi connectivity index (χ2v) is 7.84. The molecule has 2 aromatic carbocycles. The summed E-state index contributed by atoms with van der Waals surface area (Å²) >= 11 is 7.41. The van der Waals surface area contributed by atoms with Crippen molar-refractivity contribution in [3.05, 3.63) is 88.0 Å². The van der Waals surface area contributed by atoms with Gasteiger partial charge in [0.25, 0.3) is 5.91 Å². The first-order valence-corrected chi connectivity index (χ1v) is 10.5. The Hall–Kier alpha value is -3.73. The topological polar surface area (TPSA) is 87.9 Å². The SMILES string of the molecule is Cc1cc(Oc2ncccc2C#N)ccc1NC(=O)c1csc(-c2cccc(Cl)c2)n1. The molecule has 0 aliphatic carbocycles. The molecule has 0 unspecified atom stereocenters. The van der Waals surface area contributed by atoms with Crippen molar-refractivity contribution in [2.45, 2.75) is 6.92 Å². The van der Waals surface area contributed by atoms with Crippen LogP contribution >= 0.6 is 22.9 Å². The third-order valence-electron chi connectivity index (χ3n) is 4.36. The van der Waals surface area contributed by atoms with Crippen molar-refractivity contribution in [2.75, 3.05) is 5.32 Å². The average Bonchev–Trinajstić information content (AvgIpc) is 3.27. The summed E-state index contributed by atoms with van der Waals surface area (Å²) in [5, 5.41) is 15.1. The smallest absolute Gasteiger partial charge is 0.275 e. The number of rotatable bonds is 5. The molecule has 0 aliphatic heterocycles. The summed E-state index contributed by atoms with van der Waals surface area (Å²) < 4.78 is 5.72. The van der Waals surface area contributed by atoms with E-state index < -0.39 is 0 Å². The average molecular weight is 447 g/mol. The fourth-order valence-corrected chi connectivity index (χ4v) is 3.81. The number of amides is 1. The van der Waals surface area contributed by atoms with E-state index in [1.807, 2.05) is 31.2 Å². The van der Waals surface area contributed by atoms with E-state index in [-0.39, 0.29) is 11.8 Å². The minimum absolute atomic E-state index is 0.234. The lowest BCUT2D eigenvalue weighted by Crippen LogP contribution is -2.13. The minimum Gasteiger partial charge on any atom is -0.438 e. The van der Waals surface area contributed by atoms with E-state index in [9.17, 15) is 4.79 Å². The van der Waals surface area contributed by atoms with Crippen LogP contribution in [-0.4, -0.2) is 15.9 Å². The lowest BCUT2D eigenvalue weighted by atomic mass is 10.2. The Balaban J connectivity index is 1.48. The van der Waals surface area contributed by atoms with Crippen molar-refractivity contribution in [3.63, 3.8) is 0 Å². The molecular formula is C23H15ClN4O2S. The van der Waals surface area contributed by atoms with Crippen LogP contribution in [0.25, 0.3) is 10.6 Å². The van der Waals surface area contributed by atoms with Crippen LogP contribution in [0.5, 0.6) is 11.6 Å². The number of anilines is 1. The molecule has 0 radical (unpaired) electrons. The molecule has 0 fully saturated rings.